The van der Waals surface area contributed by atoms with Crippen LogP contribution in [-0.2, 0) is 12.0 Å². The summed E-state index contributed by atoms with van der Waals surface area (Å²) in [5, 5.41) is 7.26. The van der Waals surface area contributed by atoms with E-state index in [0.29, 0.717) is 6.04 Å². The summed E-state index contributed by atoms with van der Waals surface area (Å²) in [6.07, 6.45) is 6.80. The van der Waals surface area contributed by atoms with Crippen molar-refractivity contribution in [2.24, 2.45) is 0 Å². The number of rotatable bonds is 3. The lowest BCUT2D eigenvalue weighted by Crippen LogP contribution is -2.49. The van der Waals surface area contributed by atoms with Crippen LogP contribution in [0.25, 0.3) is 0 Å². The van der Waals surface area contributed by atoms with Crippen LogP contribution in [0.15, 0.2) is 5.38 Å². The zero-order chi connectivity index (χ0) is 14.9. The van der Waals surface area contributed by atoms with E-state index in [4.69, 9.17) is 4.98 Å². The number of hydrogen-bond acceptors (Lipinski definition) is 4. The van der Waals surface area contributed by atoms with Crippen LogP contribution < -0.4 is 5.32 Å². The highest BCUT2D eigenvalue weighted by molar-refractivity contribution is 7.09. The van der Waals surface area contributed by atoms with Gasteiger partial charge in [0, 0.05) is 22.9 Å². The molecule has 0 bridgehead atoms. The van der Waals surface area contributed by atoms with E-state index in [0.717, 1.165) is 12.6 Å². The van der Waals surface area contributed by atoms with Crippen molar-refractivity contribution in [2.45, 2.75) is 76.9 Å². The molecule has 21 heavy (non-hydrogen) atoms. The van der Waals surface area contributed by atoms with Crippen LogP contribution in [0.5, 0.6) is 0 Å². The Kier molecular flexibility index (Phi) is 4.67. The van der Waals surface area contributed by atoms with Crippen molar-refractivity contribution in [1.29, 1.82) is 0 Å². The third-order valence-corrected chi connectivity index (χ3v) is 5.72. The Balaban J connectivity index is 1.68. The molecule has 0 aromatic carbocycles. The monoisotopic (exact) mass is 307 g/mol. The van der Waals surface area contributed by atoms with Crippen molar-refractivity contribution < 1.29 is 0 Å². The number of thiazole rings is 1. The topological polar surface area (TPSA) is 28.2 Å². The van der Waals surface area contributed by atoms with Crippen molar-refractivity contribution in [2.75, 3.05) is 13.1 Å². The maximum Gasteiger partial charge on any atom is 0.107 e. The fourth-order valence-electron chi connectivity index (χ4n) is 3.61. The van der Waals surface area contributed by atoms with Gasteiger partial charge in [-0.05, 0) is 38.8 Å². The molecule has 0 saturated carbocycles. The summed E-state index contributed by atoms with van der Waals surface area (Å²) in [5.41, 5.74) is 1.42. The number of nitrogens with zero attached hydrogens (tertiary/aromatic N) is 2. The Bertz CT molecular complexity index is 457. The first-order chi connectivity index (χ1) is 10.0. The van der Waals surface area contributed by atoms with Gasteiger partial charge < -0.3 is 5.32 Å². The molecule has 2 fully saturated rings. The molecule has 118 valence electrons. The highest BCUT2D eigenvalue weighted by atomic mass is 32.1. The first kappa shape index (κ1) is 15.4. The first-order valence-corrected chi connectivity index (χ1v) is 9.34. The Morgan fingerprint density at radius 1 is 1.29 bits per heavy atom. The van der Waals surface area contributed by atoms with Gasteiger partial charge in [-0.25, -0.2) is 4.98 Å². The highest BCUT2D eigenvalue weighted by Crippen LogP contribution is 2.28. The summed E-state index contributed by atoms with van der Waals surface area (Å²) < 4.78 is 0. The molecule has 1 aromatic heterocycles. The fourth-order valence-corrected chi connectivity index (χ4v) is 4.66. The Labute approximate surface area is 133 Å². The number of hydrogen-bond donors (Lipinski definition) is 1. The summed E-state index contributed by atoms with van der Waals surface area (Å²) in [7, 11) is 0. The van der Waals surface area contributed by atoms with Crippen molar-refractivity contribution in [3.05, 3.63) is 16.1 Å². The van der Waals surface area contributed by atoms with Crippen LogP contribution in [0.3, 0.4) is 0 Å². The third-order valence-electron chi connectivity index (χ3n) is 4.89. The van der Waals surface area contributed by atoms with Crippen molar-refractivity contribution >= 4 is 11.3 Å². The van der Waals surface area contributed by atoms with Crippen LogP contribution in [0.4, 0.5) is 0 Å². The van der Waals surface area contributed by atoms with E-state index in [9.17, 15) is 0 Å². The van der Waals surface area contributed by atoms with Crippen molar-refractivity contribution in [3.63, 3.8) is 0 Å². The van der Waals surface area contributed by atoms with Gasteiger partial charge in [-0.2, -0.15) is 0 Å². The molecule has 4 heteroatoms. The molecule has 3 heterocycles. The third kappa shape index (κ3) is 3.66. The van der Waals surface area contributed by atoms with Gasteiger partial charge in [0.25, 0.3) is 0 Å². The van der Waals surface area contributed by atoms with E-state index in [2.05, 4.69) is 36.4 Å². The predicted octanol–water partition coefficient (Wildman–Crippen LogP) is 3.55. The average molecular weight is 308 g/mol. The Hall–Kier alpha value is -0.450. The highest BCUT2D eigenvalue weighted by Gasteiger charge is 2.32. The fraction of sp³-hybridized carbons (Fsp3) is 0.824. The molecule has 1 aromatic rings. The lowest BCUT2D eigenvalue weighted by atomic mass is 9.93. The smallest absolute Gasteiger partial charge is 0.107 e. The second kappa shape index (κ2) is 6.35. The van der Waals surface area contributed by atoms with Crippen LogP contribution >= 0.6 is 11.3 Å². The van der Waals surface area contributed by atoms with Gasteiger partial charge in [0.1, 0.15) is 5.01 Å². The summed E-state index contributed by atoms with van der Waals surface area (Å²) in [4.78, 5) is 7.59. The summed E-state index contributed by atoms with van der Waals surface area (Å²) in [6, 6.07) is 1.44. The molecule has 1 N–H and O–H groups in total. The lowest BCUT2D eigenvalue weighted by molar-refractivity contribution is 0.112. The van der Waals surface area contributed by atoms with E-state index in [1.165, 1.54) is 55.9 Å². The first-order valence-electron chi connectivity index (χ1n) is 8.46. The zero-order valence-electron chi connectivity index (χ0n) is 13.7. The maximum absolute atomic E-state index is 4.89. The average Bonchev–Trinajstić information content (AvgIpc) is 3.09. The molecular weight excluding hydrogens is 278 g/mol. The van der Waals surface area contributed by atoms with Gasteiger partial charge in [0.2, 0.25) is 0 Å². The molecule has 0 radical (unpaired) electrons. The molecule has 2 atom stereocenters. The van der Waals surface area contributed by atoms with Crippen LogP contribution in [0, 0.1) is 0 Å². The van der Waals surface area contributed by atoms with Crippen molar-refractivity contribution in [1.82, 2.24) is 15.2 Å². The summed E-state index contributed by atoms with van der Waals surface area (Å²) in [5.74, 6) is 0. The molecule has 2 aliphatic heterocycles. The molecule has 0 spiro atoms. The molecule has 2 aliphatic rings. The Morgan fingerprint density at radius 2 is 2.14 bits per heavy atom. The zero-order valence-corrected chi connectivity index (χ0v) is 14.5. The van der Waals surface area contributed by atoms with E-state index in [-0.39, 0.29) is 5.41 Å². The van der Waals surface area contributed by atoms with Gasteiger partial charge in [0.05, 0.1) is 12.2 Å². The summed E-state index contributed by atoms with van der Waals surface area (Å²) in [6.45, 7) is 10.2. The van der Waals surface area contributed by atoms with Gasteiger partial charge >= 0.3 is 0 Å². The van der Waals surface area contributed by atoms with E-state index in [1.807, 2.05) is 11.3 Å². The largest absolute Gasteiger partial charge is 0.312 e. The minimum Gasteiger partial charge on any atom is -0.312 e. The SMILES string of the molecule is CC(C)(C)c1csc(CN2CCCCC2C2CCCN2)n1. The van der Waals surface area contributed by atoms with E-state index >= 15 is 0 Å². The number of nitrogens with one attached hydrogen (secondary N) is 1. The van der Waals surface area contributed by atoms with Gasteiger partial charge in [0.15, 0.2) is 0 Å². The molecule has 0 amide bonds. The maximum atomic E-state index is 4.89. The lowest BCUT2D eigenvalue weighted by Gasteiger charge is -2.38. The van der Waals surface area contributed by atoms with E-state index < -0.39 is 0 Å². The quantitative estimate of drug-likeness (QED) is 0.925. The molecule has 3 nitrogen and oxygen atoms in total. The second-order valence-electron chi connectivity index (χ2n) is 7.61. The number of aromatic nitrogens is 1. The van der Waals surface area contributed by atoms with Gasteiger partial charge in [-0.15, -0.1) is 11.3 Å². The predicted molar refractivity (Wildman–Crippen MR) is 89.9 cm³/mol. The van der Waals surface area contributed by atoms with Gasteiger partial charge in [-0.3, -0.25) is 4.90 Å². The number of likely N-dealkylation sites (tertiary alicyclic amines) is 1. The molecule has 2 unspecified atom stereocenters. The standard InChI is InChI=1S/C17H29N3S/c1-17(2,3)15-12-21-16(19-15)11-20-10-5-4-8-14(20)13-7-6-9-18-13/h12-14,18H,4-11H2,1-3H3. The van der Waals surface area contributed by atoms with Crippen LogP contribution in [0.2, 0.25) is 0 Å². The molecule has 0 aliphatic carbocycles. The van der Waals surface area contributed by atoms with Crippen LogP contribution in [0.1, 0.15) is 63.6 Å². The molecular formula is C17H29N3S. The minimum absolute atomic E-state index is 0.170. The summed E-state index contributed by atoms with van der Waals surface area (Å²) >= 11 is 1.84. The molecule has 3 rings (SSSR count). The minimum atomic E-state index is 0.170. The Morgan fingerprint density at radius 3 is 2.81 bits per heavy atom. The normalized spacial score (nSPS) is 28.1. The second-order valence-corrected chi connectivity index (χ2v) is 8.56. The van der Waals surface area contributed by atoms with Gasteiger partial charge in [-0.1, -0.05) is 27.2 Å². The van der Waals surface area contributed by atoms with E-state index in [1.54, 1.807) is 0 Å². The van der Waals surface area contributed by atoms with Crippen LogP contribution in [-0.4, -0.2) is 35.1 Å². The van der Waals surface area contributed by atoms with Crippen molar-refractivity contribution in [3.8, 4) is 0 Å². The molecule has 2 saturated heterocycles. The number of piperidine rings is 1.